The van der Waals surface area contributed by atoms with Crippen LogP contribution < -0.4 is 0 Å². The first kappa shape index (κ1) is 13.9. The predicted molar refractivity (Wildman–Crippen MR) is 82.4 cm³/mol. The van der Waals surface area contributed by atoms with Gasteiger partial charge in [0, 0.05) is 18.3 Å². The van der Waals surface area contributed by atoms with Crippen molar-refractivity contribution in [1.29, 1.82) is 0 Å². The van der Waals surface area contributed by atoms with E-state index in [1.165, 1.54) is 5.56 Å². The lowest BCUT2D eigenvalue weighted by Crippen LogP contribution is -2.25. The third-order valence-corrected chi connectivity index (χ3v) is 4.27. The molecule has 0 unspecified atom stereocenters. The summed E-state index contributed by atoms with van der Waals surface area (Å²) >= 11 is 0. The van der Waals surface area contributed by atoms with Gasteiger partial charge in [-0.1, -0.05) is 45.0 Å². The van der Waals surface area contributed by atoms with Gasteiger partial charge in [0.2, 0.25) is 0 Å². The molecule has 3 rings (SSSR count). The molecule has 2 heterocycles. The number of aryl methyl sites for hydroxylation is 1. The zero-order valence-corrected chi connectivity index (χ0v) is 13.2. The van der Waals surface area contributed by atoms with Crippen LogP contribution >= 0.6 is 0 Å². The van der Waals surface area contributed by atoms with Gasteiger partial charge in [0.15, 0.2) is 5.69 Å². The Morgan fingerprint density at radius 3 is 2.38 bits per heavy atom. The Labute approximate surface area is 125 Å². The number of hydrogen-bond acceptors (Lipinski definition) is 2. The number of amides is 1. The van der Waals surface area contributed by atoms with Gasteiger partial charge in [0.1, 0.15) is 0 Å². The predicted octanol–water partition coefficient (Wildman–Crippen LogP) is 3.19. The fourth-order valence-electron chi connectivity index (χ4n) is 2.97. The molecule has 0 fully saturated rings. The normalized spacial score (nSPS) is 18.2. The summed E-state index contributed by atoms with van der Waals surface area (Å²) in [5.74, 6) is -0.0146. The van der Waals surface area contributed by atoms with Gasteiger partial charge < -0.3 is 4.90 Å². The molecule has 0 radical (unpaired) electrons. The van der Waals surface area contributed by atoms with Crippen LogP contribution in [0.15, 0.2) is 24.3 Å². The van der Waals surface area contributed by atoms with Crippen molar-refractivity contribution in [3.05, 3.63) is 52.3 Å². The van der Waals surface area contributed by atoms with Gasteiger partial charge in [0.05, 0.1) is 6.04 Å². The van der Waals surface area contributed by atoms with Crippen LogP contribution in [-0.4, -0.2) is 28.1 Å². The van der Waals surface area contributed by atoms with Crippen molar-refractivity contribution >= 4 is 5.91 Å². The zero-order chi connectivity index (χ0) is 15.4. The van der Waals surface area contributed by atoms with E-state index in [0.717, 1.165) is 16.8 Å². The number of H-pyrrole nitrogens is 1. The minimum absolute atomic E-state index is 0.0146. The van der Waals surface area contributed by atoms with Crippen molar-refractivity contribution in [2.45, 2.75) is 39.2 Å². The Kier molecular flexibility index (Phi) is 2.94. The van der Waals surface area contributed by atoms with Crippen LogP contribution in [-0.2, 0) is 5.41 Å². The Balaban J connectivity index is 2.05. The van der Waals surface area contributed by atoms with Crippen molar-refractivity contribution in [1.82, 2.24) is 15.1 Å². The molecular formula is C17H21N3O. The van der Waals surface area contributed by atoms with Crippen LogP contribution in [0.1, 0.15) is 59.7 Å². The summed E-state index contributed by atoms with van der Waals surface area (Å²) in [7, 11) is 1.84. The van der Waals surface area contributed by atoms with Gasteiger partial charge in [-0.2, -0.15) is 5.10 Å². The molecule has 1 aliphatic heterocycles. The van der Waals surface area contributed by atoms with E-state index in [9.17, 15) is 4.79 Å². The molecule has 21 heavy (non-hydrogen) atoms. The molecule has 0 bridgehead atoms. The number of carbonyl (C=O) groups is 1. The number of aromatic amines is 1. The third-order valence-electron chi connectivity index (χ3n) is 4.27. The minimum Gasteiger partial charge on any atom is -0.329 e. The number of benzene rings is 1. The summed E-state index contributed by atoms with van der Waals surface area (Å²) in [5, 5.41) is 7.07. The van der Waals surface area contributed by atoms with Crippen molar-refractivity contribution in [3.63, 3.8) is 0 Å². The molecular weight excluding hydrogens is 262 g/mol. The second-order valence-corrected chi connectivity index (χ2v) is 6.80. The summed E-state index contributed by atoms with van der Waals surface area (Å²) < 4.78 is 0. The first-order valence-electron chi connectivity index (χ1n) is 7.23. The van der Waals surface area contributed by atoms with E-state index >= 15 is 0 Å². The highest BCUT2D eigenvalue weighted by atomic mass is 16.2. The van der Waals surface area contributed by atoms with E-state index in [-0.39, 0.29) is 17.4 Å². The second-order valence-electron chi connectivity index (χ2n) is 6.80. The topological polar surface area (TPSA) is 49.0 Å². The van der Waals surface area contributed by atoms with E-state index in [2.05, 4.69) is 55.2 Å². The highest BCUT2D eigenvalue weighted by Crippen LogP contribution is 2.38. The average Bonchev–Trinajstić information content (AvgIpc) is 2.90. The van der Waals surface area contributed by atoms with Crippen LogP contribution in [0.5, 0.6) is 0 Å². The zero-order valence-electron chi connectivity index (χ0n) is 13.2. The van der Waals surface area contributed by atoms with Gasteiger partial charge in [-0.25, -0.2) is 0 Å². The van der Waals surface area contributed by atoms with Crippen molar-refractivity contribution in [2.24, 2.45) is 0 Å². The first-order valence-corrected chi connectivity index (χ1v) is 7.23. The Bertz CT molecular complexity index is 692. The van der Waals surface area contributed by atoms with Gasteiger partial charge in [-0.15, -0.1) is 0 Å². The summed E-state index contributed by atoms with van der Waals surface area (Å²) in [5.41, 5.74) is 5.08. The number of carbonyl (C=O) groups excluding carboxylic acids is 1. The number of nitrogens with zero attached hydrogens (tertiary/aromatic N) is 2. The van der Waals surface area contributed by atoms with E-state index < -0.39 is 0 Å². The molecule has 2 aromatic rings. The van der Waals surface area contributed by atoms with Crippen LogP contribution in [0.4, 0.5) is 0 Å². The van der Waals surface area contributed by atoms with Crippen LogP contribution in [0, 0.1) is 6.92 Å². The van der Waals surface area contributed by atoms with E-state index in [1.807, 2.05) is 14.0 Å². The molecule has 4 nitrogen and oxygen atoms in total. The summed E-state index contributed by atoms with van der Waals surface area (Å²) in [6, 6.07) is 8.51. The number of nitrogens with one attached hydrogen (secondary N) is 1. The Morgan fingerprint density at radius 2 is 1.81 bits per heavy atom. The Hall–Kier alpha value is -2.10. The number of fused-ring (bicyclic) bond motifs is 1. The monoisotopic (exact) mass is 283 g/mol. The molecule has 4 heteroatoms. The third kappa shape index (κ3) is 2.06. The van der Waals surface area contributed by atoms with Crippen molar-refractivity contribution < 1.29 is 4.79 Å². The van der Waals surface area contributed by atoms with Crippen molar-refractivity contribution in [3.8, 4) is 0 Å². The van der Waals surface area contributed by atoms with E-state index in [0.29, 0.717) is 5.69 Å². The average molecular weight is 283 g/mol. The van der Waals surface area contributed by atoms with Gasteiger partial charge >= 0.3 is 0 Å². The maximum absolute atomic E-state index is 12.3. The summed E-state index contributed by atoms with van der Waals surface area (Å²) in [6.45, 7) is 8.57. The first-order chi connectivity index (χ1) is 9.80. The molecule has 1 aromatic carbocycles. The lowest BCUT2D eigenvalue weighted by molar-refractivity contribution is 0.0787. The number of aromatic nitrogens is 2. The molecule has 0 saturated carbocycles. The smallest absolute Gasteiger partial charge is 0.275 e. The van der Waals surface area contributed by atoms with Crippen LogP contribution in [0.2, 0.25) is 0 Å². The lowest BCUT2D eigenvalue weighted by Gasteiger charge is -2.24. The largest absolute Gasteiger partial charge is 0.329 e. The van der Waals surface area contributed by atoms with Crippen molar-refractivity contribution in [2.75, 3.05) is 7.05 Å². The maximum Gasteiger partial charge on any atom is 0.275 e. The molecule has 110 valence electrons. The Morgan fingerprint density at radius 1 is 1.19 bits per heavy atom. The number of rotatable bonds is 1. The van der Waals surface area contributed by atoms with E-state index in [4.69, 9.17) is 0 Å². The molecule has 0 saturated heterocycles. The SMILES string of the molecule is Cc1[nH]nc2c1[C@@H](c1ccc(C(C)(C)C)cc1)N(C)C2=O. The number of hydrogen-bond donors (Lipinski definition) is 1. The molecule has 1 aliphatic rings. The maximum atomic E-state index is 12.3. The molecule has 1 atom stereocenters. The van der Waals surface area contributed by atoms with Gasteiger partial charge in [-0.05, 0) is 23.5 Å². The molecule has 0 spiro atoms. The minimum atomic E-state index is -0.0414. The highest BCUT2D eigenvalue weighted by molar-refractivity contribution is 5.98. The fraction of sp³-hybridized carbons (Fsp3) is 0.412. The van der Waals surface area contributed by atoms with Crippen LogP contribution in [0.25, 0.3) is 0 Å². The lowest BCUT2D eigenvalue weighted by atomic mass is 9.86. The second kappa shape index (κ2) is 4.45. The fourth-order valence-corrected chi connectivity index (χ4v) is 2.97. The van der Waals surface area contributed by atoms with Gasteiger partial charge in [-0.3, -0.25) is 9.89 Å². The molecule has 1 amide bonds. The summed E-state index contributed by atoms with van der Waals surface area (Å²) in [4.78, 5) is 14.0. The summed E-state index contributed by atoms with van der Waals surface area (Å²) in [6.07, 6.45) is 0. The molecule has 0 aliphatic carbocycles. The molecule has 1 N–H and O–H groups in total. The highest BCUT2D eigenvalue weighted by Gasteiger charge is 2.39. The standard InChI is InChI=1S/C17H21N3O/c1-10-13-14(19-18-10)16(21)20(5)15(13)11-6-8-12(9-7-11)17(2,3)4/h6-9,15H,1-5H3,(H,18,19)/t15-/m1/s1. The quantitative estimate of drug-likeness (QED) is 0.873. The van der Waals surface area contributed by atoms with Gasteiger partial charge in [0.25, 0.3) is 5.91 Å². The molecule has 1 aromatic heterocycles. The van der Waals surface area contributed by atoms with E-state index in [1.54, 1.807) is 4.90 Å². The van der Waals surface area contributed by atoms with Crippen LogP contribution in [0.3, 0.4) is 0 Å².